The number of anilines is 2. The predicted molar refractivity (Wildman–Crippen MR) is 119 cm³/mol. The van der Waals surface area contributed by atoms with Crippen LogP contribution in [0.4, 0.5) is 10.7 Å². The lowest BCUT2D eigenvalue weighted by atomic mass is 10.1. The van der Waals surface area contributed by atoms with E-state index in [1.54, 1.807) is 55.5 Å². The molecule has 7 heteroatoms. The van der Waals surface area contributed by atoms with Gasteiger partial charge in [0, 0.05) is 16.1 Å². The standard InChI is InChI=1S/C23H22N2O4S/c1-4-29-23(28)17-10-12-18(13-11-17)24-21(27)19-14(2)15(3)30-22(19)25-20(26)16-8-6-5-7-9-16/h5-13H,4H2,1-3H3,(H,24,27)(H,25,26). The van der Waals surface area contributed by atoms with Crippen molar-refractivity contribution in [1.29, 1.82) is 0 Å². The number of carbonyl (C=O) groups is 3. The maximum Gasteiger partial charge on any atom is 0.338 e. The van der Waals surface area contributed by atoms with E-state index in [0.29, 0.717) is 34.0 Å². The summed E-state index contributed by atoms with van der Waals surface area (Å²) < 4.78 is 4.96. The number of thiophene rings is 1. The van der Waals surface area contributed by atoms with E-state index in [1.807, 2.05) is 19.9 Å². The Labute approximate surface area is 178 Å². The minimum Gasteiger partial charge on any atom is -0.462 e. The van der Waals surface area contributed by atoms with Gasteiger partial charge in [-0.3, -0.25) is 9.59 Å². The Morgan fingerprint density at radius 2 is 1.53 bits per heavy atom. The average molecular weight is 423 g/mol. The number of ether oxygens (including phenoxy) is 1. The SMILES string of the molecule is CCOC(=O)c1ccc(NC(=O)c2c(NC(=O)c3ccccc3)sc(C)c2C)cc1. The molecular weight excluding hydrogens is 400 g/mol. The molecule has 0 atom stereocenters. The highest BCUT2D eigenvalue weighted by Gasteiger charge is 2.21. The van der Waals surface area contributed by atoms with Gasteiger partial charge in [-0.05, 0) is 62.7 Å². The highest BCUT2D eigenvalue weighted by atomic mass is 32.1. The molecule has 0 aliphatic rings. The van der Waals surface area contributed by atoms with Crippen molar-refractivity contribution in [2.45, 2.75) is 20.8 Å². The van der Waals surface area contributed by atoms with Crippen molar-refractivity contribution in [3.63, 3.8) is 0 Å². The molecule has 0 fully saturated rings. The molecule has 2 amide bonds. The van der Waals surface area contributed by atoms with Crippen molar-refractivity contribution in [1.82, 2.24) is 0 Å². The Bertz CT molecular complexity index is 1070. The number of rotatable bonds is 6. The molecule has 2 N–H and O–H groups in total. The zero-order chi connectivity index (χ0) is 21.7. The fraction of sp³-hybridized carbons (Fsp3) is 0.174. The van der Waals surface area contributed by atoms with E-state index in [0.717, 1.165) is 10.4 Å². The van der Waals surface area contributed by atoms with Crippen LogP contribution in [0, 0.1) is 13.8 Å². The molecule has 0 aliphatic carbocycles. The summed E-state index contributed by atoms with van der Waals surface area (Å²) in [6.45, 7) is 5.79. The second-order valence-corrected chi connectivity index (χ2v) is 7.78. The topological polar surface area (TPSA) is 84.5 Å². The molecule has 0 bridgehead atoms. The fourth-order valence-electron chi connectivity index (χ4n) is 2.85. The van der Waals surface area contributed by atoms with Crippen LogP contribution in [0.25, 0.3) is 0 Å². The normalized spacial score (nSPS) is 10.4. The summed E-state index contributed by atoms with van der Waals surface area (Å²) in [6, 6.07) is 15.3. The van der Waals surface area contributed by atoms with Gasteiger partial charge in [-0.25, -0.2) is 4.79 Å². The van der Waals surface area contributed by atoms with Gasteiger partial charge in [0.25, 0.3) is 11.8 Å². The minimum atomic E-state index is -0.411. The van der Waals surface area contributed by atoms with Crippen LogP contribution in [0.2, 0.25) is 0 Å². The van der Waals surface area contributed by atoms with Crippen LogP contribution in [0.5, 0.6) is 0 Å². The molecule has 3 aromatic rings. The maximum atomic E-state index is 13.0. The molecule has 1 aromatic heterocycles. The summed E-state index contributed by atoms with van der Waals surface area (Å²) in [4.78, 5) is 38.2. The highest BCUT2D eigenvalue weighted by Crippen LogP contribution is 2.33. The lowest BCUT2D eigenvalue weighted by molar-refractivity contribution is 0.0526. The third-order valence-corrected chi connectivity index (χ3v) is 5.65. The fourth-order valence-corrected chi connectivity index (χ4v) is 3.90. The van der Waals surface area contributed by atoms with E-state index in [9.17, 15) is 14.4 Å². The molecule has 154 valence electrons. The van der Waals surface area contributed by atoms with Crippen LogP contribution in [-0.4, -0.2) is 24.4 Å². The van der Waals surface area contributed by atoms with Crippen molar-refractivity contribution >= 4 is 39.8 Å². The van der Waals surface area contributed by atoms with Gasteiger partial charge in [0.15, 0.2) is 0 Å². The van der Waals surface area contributed by atoms with Crippen LogP contribution < -0.4 is 10.6 Å². The summed E-state index contributed by atoms with van der Waals surface area (Å²) in [5, 5.41) is 6.18. The summed E-state index contributed by atoms with van der Waals surface area (Å²) >= 11 is 1.36. The maximum absolute atomic E-state index is 13.0. The Balaban J connectivity index is 1.79. The smallest absolute Gasteiger partial charge is 0.338 e. The van der Waals surface area contributed by atoms with Crippen LogP contribution in [0.15, 0.2) is 54.6 Å². The number of hydrogen-bond acceptors (Lipinski definition) is 5. The Morgan fingerprint density at radius 3 is 2.17 bits per heavy atom. The van der Waals surface area contributed by atoms with E-state index < -0.39 is 5.97 Å². The van der Waals surface area contributed by atoms with Gasteiger partial charge >= 0.3 is 5.97 Å². The first-order valence-corrected chi connectivity index (χ1v) is 10.3. The predicted octanol–water partition coefficient (Wildman–Crippen LogP) is 5.05. The zero-order valence-corrected chi connectivity index (χ0v) is 17.8. The molecule has 0 spiro atoms. The van der Waals surface area contributed by atoms with Gasteiger partial charge in [-0.1, -0.05) is 18.2 Å². The quantitative estimate of drug-likeness (QED) is 0.545. The third-order valence-electron chi connectivity index (χ3n) is 4.53. The van der Waals surface area contributed by atoms with Gasteiger partial charge < -0.3 is 15.4 Å². The van der Waals surface area contributed by atoms with E-state index in [2.05, 4.69) is 10.6 Å². The van der Waals surface area contributed by atoms with Crippen LogP contribution >= 0.6 is 11.3 Å². The molecular formula is C23H22N2O4S. The molecule has 0 aliphatic heterocycles. The number of amides is 2. The minimum absolute atomic E-state index is 0.273. The van der Waals surface area contributed by atoms with E-state index in [1.165, 1.54) is 11.3 Å². The number of benzene rings is 2. The van der Waals surface area contributed by atoms with Crippen molar-refractivity contribution in [3.8, 4) is 0 Å². The Kier molecular flexibility index (Phi) is 6.64. The molecule has 0 saturated heterocycles. The van der Waals surface area contributed by atoms with Crippen LogP contribution in [0.1, 0.15) is 48.4 Å². The molecule has 30 heavy (non-hydrogen) atoms. The lowest BCUT2D eigenvalue weighted by Gasteiger charge is -2.09. The number of nitrogens with one attached hydrogen (secondary N) is 2. The third kappa shape index (κ3) is 4.75. The first-order valence-electron chi connectivity index (χ1n) is 9.45. The first kappa shape index (κ1) is 21.3. The van der Waals surface area contributed by atoms with Crippen molar-refractivity contribution < 1.29 is 19.1 Å². The average Bonchev–Trinajstić information content (AvgIpc) is 3.02. The lowest BCUT2D eigenvalue weighted by Crippen LogP contribution is -2.17. The molecule has 3 rings (SSSR count). The molecule has 2 aromatic carbocycles. The largest absolute Gasteiger partial charge is 0.462 e. The Morgan fingerprint density at radius 1 is 0.867 bits per heavy atom. The molecule has 0 saturated carbocycles. The van der Waals surface area contributed by atoms with Gasteiger partial charge in [-0.15, -0.1) is 11.3 Å². The van der Waals surface area contributed by atoms with Crippen molar-refractivity contribution in [3.05, 3.63) is 81.7 Å². The molecule has 1 heterocycles. The van der Waals surface area contributed by atoms with Crippen molar-refractivity contribution in [2.24, 2.45) is 0 Å². The zero-order valence-electron chi connectivity index (χ0n) is 16.9. The highest BCUT2D eigenvalue weighted by molar-refractivity contribution is 7.16. The molecule has 6 nitrogen and oxygen atoms in total. The summed E-state index contributed by atoms with van der Waals surface area (Å²) in [5.74, 6) is -1.01. The summed E-state index contributed by atoms with van der Waals surface area (Å²) in [6.07, 6.45) is 0. The summed E-state index contributed by atoms with van der Waals surface area (Å²) in [5.41, 5.74) is 2.70. The monoisotopic (exact) mass is 422 g/mol. The van der Waals surface area contributed by atoms with Crippen LogP contribution in [-0.2, 0) is 4.74 Å². The number of hydrogen-bond donors (Lipinski definition) is 2. The van der Waals surface area contributed by atoms with E-state index in [-0.39, 0.29) is 11.8 Å². The van der Waals surface area contributed by atoms with E-state index >= 15 is 0 Å². The number of aryl methyl sites for hydroxylation is 1. The van der Waals surface area contributed by atoms with Gasteiger partial charge in [0.05, 0.1) is 17.7 Å². The summed E-state index contributed by atoms with van der Waals surface area (Å²) in [7, 11) is 0. The van der Waals surface area contributed by atoms with E-state index in [4.69, 9.17) is 4.74 Å². The molecule has 0 unspecified atom stereocenters. The Hall–Kier alpha value is -3.45. The second-order valence-electron chi connectivity index (χ2n) is 6.56. The number of esters is 1. The number of carbonyl (C=O) groups excluding carboxylic acids is 3. The van der Waals surface area contributed by atoms with Crippen LogP contribution in [0.3, 0.4) is 0 Å². The van der Waals surface area contributed by atoms with Crippen molar-refractivity contribution in [2.75, 3.05) is 17.2 Å². The second kappa shape index (κ2) is 9.37. The molecule has 0 radical (unpaired) electrons. The van der Waals surface area contributed by atoms with Gasteiger partial charge in [-0.2, -0.15) is 0 Å². The first-order chi connectivity index (χ1) is 14.4. The van der Waals surface area contributed by atoms with Gasteiger partial charge in [0.1, 0.15) is 5.00 Å². The van der Waals surface area contributed by atoms with Gasteiger partial charge in [0.2, 0.25) is 0 Å².